The van der Waals surface area contributed by atoms with Gasteiger partial charge < -0.3 is 10.5 Å². The SMILES string of the molecule is NC(=O)c1ccc(OCc2ccc(F)cc2)cc1. The minimum absolute atomic E-state index is 0.274. The zero-order valence-electron chi connectivity index (χ0n) is 9.60. The van der Waals surface area contributed by atoms with Crippen LogP contribution in [0.1, 0.15) is 15.9 Å². The lowest BCUT2D eigenvalue weighted by Gasteiger charge is -2.06. The largest absolute Gasteiger partial charge is 0.489 e. The fourth-order valence-electron chi connectivity index (χ4n) is 1.46. The molecule has 0 spiro atoms. The van der Waals surface area contributed by atoms with Crippen molar-refractivity contribution in [2.24, 2.45) is 5.73 Å². The molecule has 0 unspecified atom stereocenters. The zero-order valence-corrected chi connectivity index (χ0v) is 9.60. The maximum atomic E-state index is 12.7. The van der Waals surface area contributed by atoms with E-state index in [0.717, 1.165) is 5.56 Å². The Kier molecular flexibility index (Phi) is 3.57. The number of primary amides is 1. The van der Waals surface area contributed by atoms with Gasteiger partial charge in [0.05, 0.1) is 0 Å². The van der Waals surface area contributed by atoms with Crippen LogP contribution in [0.25, 0.3) is 0 Å². The topological polar surface area (TPSA) is 52.3 Å². The number of hydrogen-bond donors (Lipinski definition) is 1. The lowest BCUT2D eigenvalue weighted by Crippen LogP contribution is -2.10. The summed E-state index contributed by atoms with van der Waals surface area (Å²) in [7, 11) is 0. The van der Waals surface area contributed by atoms with Crippen molar-refractivity contribution in [2.45, 2.75) is 6.61 Å². The Morgan fingerprint density at radius 1 is 1.06 bits per heavy atom. The van der Waals surface area contributed by atoms with Crippen molar-refractivity contribution in [1.82, 2.24) is 0 Å². The van der Waals surface area contributed by atoms with Crippen LogP contribution in [0.2, 0.25) is 0 Å². The molecule has 4 heteroatoms. The number of ether oxygens (including phenoxy) is 1. The Bertz CT molecular complexity index is 535. The minimum atomic E-state index is -0.472. The lowest BCUT2D eigenvalue weighted by molar-refractivity contribution is 0.100. The molecule has 0 aliphatic rings. The molecular formula is C14H12FNO2. The van der Waals surface area contributed by atoms with Gasteiger partial charge in [0.15, 0.2) is 0 Å². The molecule has 0 heterocycles. The number of nitrogens with two attached hydrogens (primary N) is 1. The number of amides is 1. The van der Waals surface area contributed by atoms with E-state index in [0.29, 0.717) is 17.9 Å². The molecule has 92 valence electrons. The van der Waals surface area contributed by atoms with E-state index in [1.165, 1.54) is 12.1 Å². The van der Waals surface area contributed by atoms with Gasteiger partial charge in [-0.3, -0.25) is 4.79 Å². The van der Waals surface area contributed by atoms with Crippen LogP contribution in [-0.4, -0.2) is 5.91 Å². The van der Waals surface area contributed by atoms with E-state index in [1.54, 1.807) is 36.4 Å². The molecule has 0 saturated carbocycles. The molecule has 0 saturated heterocycles. The predicted octanol–water partition coefficient (Wildman–Crippen LogP) is 2.50. The zero-order chi connectivity index (χ0) is 13.0. The van der Waals surface area contributed by atoms with Gasteiger partial charge in [-0.15, -0.1) is 0 Å². The summed E-state index contributed by atoms with van der Waals surface area (Å²) in [6.07, 6.45) is 0. The van der Waals surface area contributed by atoms with Crippen molar-refractivity contribution in [3.05, 3.63) is 65.5 Å². The van der Waals surface area contributed by atoms with Gasteiger partial charge in [0, 0.05) is 5.56 Å². The fourth-order valence-corrected chi connectivity index (χ4v) is 1.46. The molecule has 2 aromatic carbocycles. The van der Waals surface area contributed by atoms with E-state index in [4.69, 9.17) is 10.5 Å². The molecule has 0 aromatic heterocycles. The number of benzene rings is 2. The summed E-state index contributed by atoms with van der Waals surface area (Å²) in [6.45, 7) is 0.343. The molecule has 18 heavy (non-hydrogen) atoms. The summed E-state index contributed by atoms with van der Waals surface area (Å²) < 4.78 is 18.2. The first-order valence-electron chi connectivity index (χ1n) is 5.42. The van der Waals surface area contributed by atoms with Crippen molar-refractivity contribution in [3.8, 4) is 5.75 Å². The molecule has 1 amide bonds. The normalized spacial score (nSPS) is 10.1. The van der Waals surface area contributed by atoms with Gasteiger partial charge in [-0.25, -0.2) is 4.39 Å². The van der Waals surface area contributed by atoms with E-state index in [1.807, 2.05) is 0 Å². The Balaban J connectivity index is 1.97. The summed E-state index contributed by atoms with van der Waals surface area (Å²) in [5.41, 5.74) is 6.43. The molecule has 0 bridgehead atoms. The fraction of sp³-hybridized carbons (Fsp3) is 0.0714. The highest BCUT2D eigenvalue weighted by Gasteiger charge is 2.00. The minimum Gasteiger partial charge on any atom is -0.489 e. The van der Waals surface area contributed by atoms with Gasteiger partial charge in [-0.1, -0.05) is 12.1 Å². The summed E-state index contributed by atoms with van der Waals surface area (Å²) in [5.74, 6) is -0.117. The van der Waals surface area contributed by atoms with Gasteiger partial charge in [-0.2, -0.15) is 0 Å². The van der Waals surface area contributed by atoms with Crippen LogP contribution < -0.4 is 10.5 Å². The van der Waals surface area contributed by atoms with E-state index < -0.39 is 5.91 Å². The third kappa shape index (κ3) is 3.07. The first-order valence-corrected chi connectivity index (χ1v) is 5.42. The Morgan fingerprint density at radius 2 is 1.67 bits per heavy atom. The summed E-state index contributed by atoms with van der Waals surface area (Å²) in [6, 6.07) is 12.6. The average Bonchev–Trinajstić information content (AvgIpc) is 2.38. The smallest absolute Gasteiger partial charge is 0.248 e. The van der Waals surface area contributed by atoms with E-state index in [-0.39, 0.29) is 5.82 Å². The van der Waals surface area contributed by atoms with Crippen LogP contribution in [-0.2, 0) is 6.61 Å². The molecular weight excluding hydrogens is 233 g/mol. The first kappa shape index (κ1) is 12.1. The predicted molar refractivity (Wildman–Crippen MR) is 65.7 cm³/mol. The van der Waals surface area contributed by atoms with Gasteiger partial charge in [0.2, 0.25) is 5.91 Å². The van der Waals surface area contributed by atoms with E-state index in [2.05, 4.69) is 0 Å². The quantitative estimate of drug-likeness (QED) is 0.899. The highest BCUT2D eigenvalue weighted by molar-refractivity contribution is 5.92. The molecule has 0 radical (unpaired) electrons. The molecule has 0 fully saturated rings. The van der Waals surface area contributed by atoms with Gasteiger partial charge in [0.25, 0.3) is 0 Å². The average molecular weight is 245 g/mol. The molecule has 0 aliphatic heterocycles. The summed E-state index contributed by atoms with van der Waals surface area (Å²) in [5, 5.41) is 0. The molecule has 0 aliphatic carbocycles. The van der Waals surface area contributed by atoms with Crippen LogP contribution in [0.4, 0.5) is 4.39 Å². The van der Waals surface area contributed by atoms with Crippen LogP contribution in [0.5, 0.6) is 5.75 Å². The third-order valence-electron chi connectivity index (χ3n) is 2.46. The molecule has 2 rings (SSSR count). The Hall–Kier alpha value is -2.36. The van der Waals surface area contributed by atoms with Gasteiger partial charge >= 0.3 is 0 Å². The van der Waals surface area contributed by atoms with Crippen molar-refractivity contribution in [1.29, 1.82) is 0 Å². The number of carbonyl (C=O) groups is 1. The van der Waals surface area contributed by atoms with Gasteiger partial charge in [0.1, 0.15) is 18.2 Å². The molecule has 3 nitrogen and oxygen atoms in total. The van der Waals surface area contributed by atoms with E-state index in [9.17, 15) is 9.18 Å². The highest BCUT2D eigenvalue weighted by atomic mass is 19.1. The monoisotopic (exact) mass is 245 g/mol. The first-order chi connectivity index (χ1) is 8.65. The lowest BCUT2D eigenvalue weighted by atomic mass is 10.2. The number of rotatable bonds is 4. The number of hydrogen-bond acceptors (Lipinski definition) is 2. The van der Waals surface area contributed by atoms with Crippen LogP contribution >= 0.6 is 0 Å². The van der Waals surface area contributed by atoms with Gasteiger partial charge in [-0.05, 0) is 42.0 Å². The maximum Gasteiger partial charge on any atom is 0.248 e. The van der Waals surface area contributed by atoms with Crippen molar-refractivity contribution in [3.63, 3.8) is 0 Å². The molecule has 2 N–H and O–H groups in total. The summed E-state index contributed by atoms with van der Waals surface area (Å²) >= 11 is 0. The van der Waals surface area contributed by atoms with Crippen molar-refractivity contribution < 1.29 is 13.9 Å². The number of carbonyl (C=O) groups excluding carboxylic acids is 1. The Morgan fingerprint density at radius 3 is 2.22 bits per heavy atom. The molecule has 0 atom stereocenters. The van der Waals surface area contributed by atoms with Crippen molar-refractivity contribution >= 4 is 5.91 Å². The van der Waals surface area contributed by atoms with Crippen LogP contribution in [0.15, 0.2) is 48.5 Å². The third-order valence-corrected chi connectivity index (χ3v) is 2.46. The molecule has 2 aromatic rings. The van der Waals surface area contributed by atoms with Crippen molar-refractivity contribution in [2.75, 3.05) is 0 Å². The second-order valence-electron chi connectivity index (χ2n) is 3.80. The number of halogens is 1. The second kappa shape index (κ2) is 5.31. The summed E-state index contributed by atoms with van der Waals surface area (Å²) in [4.78, 5) is 10.9. The van der Waals surface area contributed by atoms with E-state index >= 15 is 0 Å². The highest BCUT2D eigenvalue weighted by Crippen LogP contribution is 2.14. The Labute approximate surface area is 104 Å². The maximum absolute atomic E-state index is 12.7. The standard InChI is InChI=1S/C14H12FNO2/c15-12-5-1-10(2-6-12)9-18-13-7-3-11(4-8-13)14(16)17/h1-8H,9H2,(H2,16,17). The van der Waals surface area contributed by atoms with Crippen LogP contribution in [0.3, 0.4) is 0 Å². The second-order valence-corrected chi connectivity index (χ2v) is 3.80. The van der Waals surface area contributed by atoms with Crippen LogP contribution in [0, 0.1) is 5.82 Å².